The second-order valence-corrected chi connectivity index (χ2v) is 5.47. The van der Waals surface area contributed by atoms with Crippen molar-refractivity contribution in [3.8, 4) is 11.5 Å². The Balaban J connectivity index is 2.36. The van der Waals surface area contributed by atoms with Crippen LogP contribution in [0.5, 0.6) is 11.5 Å². The van der Waals surface area contributed by atoms with Gasteiger partial charge < -0.3 is 10.1 Å². The number of nitro benzene ring substituents is 1. The Morgan fingerprint density at radius 3 is 2.71 bits per heavy atom. The van der Waals surface area contributed by atoms with Gasteiger partial charge in [0.05, 0.1) is 15.5 Å². The molecular formula is C14H12BrClN2O3. The Labute approximate surface area is 135 Å². The molecule has 0 aliphatic heterocycles. The Hall–Kier alpha value is -1.79. The predicted octanol–water partition coefficient (Wildman–Crippen LogP) is 5.23. The fourth-order valence-electron chi connectivity index (χ4n) is 1.74. The van der Waals surface area contributed by atoms with Crippen LogP contribution in [0, 0.1) is 10.1 Å². The summed E-state index contributed by atoms with van der Waals surface area (Å²) < 4.78 is 6.36. The lowest BCUT2D eigenvalue weighted by Crippen LogP contribution is -1.98. The maximum Gasteiger partial charge on any atom is 0.275 e. The molecule has 0 aliphatic carbocycles. The van der Waals surface area contributed by atoms with E-state index in [-0.39, 0.29) is 5.69 Å². The van der Waals surface area contributed by atoms with Gasteiger partial charge >= 0.3 is 0 Å². The van der Waals surface area contributed by atoms with Gasteiger partial charge in [-0.1, -0.05) is 11.6 Å². The van der Waals surface area contributed by atoms with Crippen molar-refractivity contribution < 1.29 is 9.66 Å². The Morgan fingerprint density at radius 2 is 2.10 bits per heavy atom. The molecule has 0 unspecified atom stereocenters. The van der Waals surface area contributed by atoms with Crippen molar-refractivity contribution in [3.05, 3.63) is 56.0 Å². The van der Waals surface area contributed by atoms with Crippen molar-refractivity contribution >= 4 is 38.9 Å². The highest BCUT2D eigenvalue weighted by Gasteiger charge is 2.12. The molecule has 1 N–H and O–H groups in total. The van der Waals surface area contributed by atoms with Crippen LogP contribution < -0.4 is 10.1 Å². The van der Waals surface area contributed by atoms with E-state index in [0.717, 1.165) is 0 Å². The number of benzene rings is 2. The van der Waals surface area contributed by atoms with Crippen LogP contribution in [0.1, 0.15) is 6.92 Å². The zero-order valence-electron chi connectivity index (χ0n) is 11.1. The van der Waals surface area contributed by atoms with E-state index in [1.165, 1.54) is 12.1 Å². The topological polar surface area (TPSA) is 64.4 Å². The smallest absolute Gasteiger partial charge is 0.275 e. The second-order valence-electron chi connectivity index (χ2n) is 4.18. The molecule has 0 aliphatic rings. The van der Waals surface area contributed by atoms with Crippen LogP contribution in [0.3, 0.4) is 0 Å². The van der Waals surface area contributed by atoms with Crippen molar-refractivity contribution in [2.24, 2.45) is 0 Å². The zero-order chi connectivity index (χ0) is 15.4. The molecule has 0 spiro atoms. The standard InChI is InChI=1S/C14H12BrClN2O3/c1-2-17-10-6-11(18(19)20)8-12(7-10)21-14-4-3-9(16)5-13(14)15/h3-8,17H,2H2,1H3. The van der Waals surface area contributed by atoms with E-state index in [0.29, 0.717) is 33.2 Å². The van der Waals surface area contributed by atoms with Crippen LogP contribution >= 0.6 is 27.5 Å². The first-order chi connectivity index (χ1) is 9.99. The quantitative estimate of drug-likeness (QED) is 0.577. The van der Waals surface area contributed by atoms with Crippen LogP contribution in [0.4, 0.5) is 11.4 Å². The fourth-order valence-corrected chi connectivity index (χ4v) is 2.50. The molecular weight excluding hydrogens is 360 g/mol. The van der Waals surface area contributed by atoms with Gasteiger partial charge in [0.1, 0.15) is 11.5 Å². The lowest BCUT2D eigenvalue weighted by molar-refractivity contribution is -0.384. The number of hydrogen-bond donors (Lipinski definition) is 1. The van der Waals surface area contributed by atoms with Crippen molar-refractivity contribution in [3.63, 3.8) is 0 Å². The van der Waals surface area contributed by atoms with E-state index in [2.05, 4.69) is 21.2 Å². The molecule has 0 bridgehead atoms. The summed E-state index contributed by atoms with van der Waals surface area (Å²) in [5.41, 5.74) is 0.598. The number of nitrogens with one attached hydrogen (secondary N) is 1. The molecule has 0 fully saturated rings. The summed E-state index contributed by atoms with van der Waals surface area (Å²) in [6, 6.07) is 9.62. The molecule has 2 aromatic carbocycles. The normalized spacial score (nSPS) is 10.2. The van der Waals surface area contributed by atoms with Gasteiger partial charge in [-0.15, -0.1) is 0 Å². The number of hydrogen-bond acceptors (Lipinski definition) is 4. The molecule has 0 saturated heterocycles. The fraction of sp³-hybridized carbons (Fsp3) is 0.143. The lowest BCUT2D eigenvalue weighted by Gasteiger charge is -2.10. The van der Waals surface area contributed by atoms with Crippen LogP contribution in [0.25, 0.3) is 0 Å². The van der Waals surface area contributed by atoms with Crippen LogP contribution in [0.2, 0.25) is 5.02 Å². The largest absolute Gasteiger partial charge is 0.456 e. The number of nitro groups is 1. The average molecular weight is 372 g/mol. The second kappa shape index (κ2) is 6.78. The number of halogens is 2. The van der Waals surface area contributed by atoms with E-state index >= 15 is 0 Å². The molecule has 2 aromatic rings. The average Bonchev–Trinajstić information content (AvgIpc) is 2.42. The maximum atomic E-state index is 11.0. The van der Waals surface area contributed by atoms with Crippen LogP contribution in [0.15, 0.2) is 40.9 Å². The molecule has 110 valence electrons. The van der Waals surface area contributed by atoms with E-state index in [1.807, 2.05) is 6.92 Å². The van der Waals surface area contributed by atoms with Gasteiger partial charge in [-0.05, 0) is 41.1 Å². The minimum absolute atomic E-state index is 0.0338. The summed E-state index contributed by atoms with van der Waals surface area (Å²) in [4.78, 5) is 10.5. The van der Waals surface area contributed by atoms with Crippen LogP contribution in [-0.4, -0.2) is 11.5 Å². The highest BCUT2D eigenvalue weighted by Crippen LogP contribution is 2.34. The Morgan fingerprint density at radius 1 is 1.33 bits per heavy atom. The Kier molecular flexibility index (Phi) is 5.03. The van der Waals surface area contributed by atoms with Gasteiger partial charge in [-0.2, -0.15) is 0 Å². The summed E-state index contributed by atoms with van der Waals surface area (Å²) in [5, 5.41) is 14.6. The minimum Gasteiger partial charge on any atom is -0.456 e. The summed E-state index contributed by atoms with van der Waals surface area (Å²) >= 11 is 9.21. The van der Waals surface area contributed by atoms with Gasteiger partial charge in [0.2, 0.25) is 0 Å². The number of non-ortho nitro benzene ring substituents is 1. The first-order valence-electron chi connectivity index (χ1n) is 6.16. The maximum absolute atomic E-state index is 11.0. The molecule has 7 heteroatoms. The lowest BCUT2D eigenvalue weighted by atomic mass is 10.2. The van der Waals surface area contributed by atoms with Gasteiger partial charge in [0.15, 0.2) is 0 Å². The summed E-state index contributed by atoms with van der Waals surface area (Å²) in [5.74, 6) is 0.908. The van der Waals surface area contributed by atoms with E-state index in [4.69, 9.17) is 16.3 Å². The highest BCUT2D eigenvalue weighted by molar-refractivity contribution is 9.10. The van der Waals surface area contributed by atoms with Gasteiger partial charge in [-0.3, -0.25) is 10.1 Å². The minimum atomic E-state index is -0.454. The molecule has 0 radical (unpaired) electrons. The number of anilines is 1. The first-order valence-corrected chi connectivity index (χ1v) is 7.33. The van der Waals surface area contributed by atoms with Crippen molar-refractivity contribution in [2.75, 3.05) is 11.9 Å². The summed E-state index contributed by atoms with van der Waals surface area (Å²) in [6.45, 7) is 2.57. The molecule has 0 heterocycles. The molecule has 0 saturated carbocycles. The molecule has 0 atom stereocenters. The molecule has 21 heavy (non-hydrogen) atoms. The Bertz CT molecular complexity index is 679. The van der Waals surface area contributed by atoms with E-state index in [9.17, 15) is 10.1 Å². The summed E-state index contributed by atoms with van der Waals surface area (Å²) in [6.07, 6.45) is 0. The highest BCUT2D eigenvalue weighted by atomic mass is 79.9. The van der Waals surface area contributed by atoms with Gasteiger partial charge in [0.25, 0.3) is 5.69 Å². The third-order valence-electron chi connectivity index (χ3n) is 2.60. The molecule has 0 aromatic heterocycles. The number of nitrogens with zero attached hydrogens (tertiary/aromatic N) is 1. The third kappa shape index (κ3) is 4.09. The van der Waals surface area contributed by atoms with E-state index in [1.54, 1.807) is 24.3 Å². The number of ether oxygens (including phenoxy) is 1. The summed E-state index contributed by atoms with van der Waals surface area (Å²) in [7, 11) is 0. The predicted molar refractivity (Wildman–Crippen MR) is 86.5 cm³/mol. The molecule has 2 rings (SSSR count). The first kappa shape index (κ1) is 15.6. The number of rotatable bonds is 5. The molecule has 0 amide bonds. The monoisotopic (exact) mass is 370 g/mol. The van der Waals surface area contributed by atoms with E-state index < -0.39 is 4.92 Å². The third-order valence-corrected chi connectivity index (χ3v) is 3.46. The SMILES string of the molecule is CCNc1cc(Oc2ccc(Cl)cc2Br)cc([N+](=O)[O-])c1. The van der Waals surface area contributed by atoms with Gasteiger partial charge in [-0.25, -0.2) is 0 Å². The van der Waals surface area contributed by atoms with Gasteiger partial charge in [0, 0.05) is 29.4 Å². The zero-order valence-corrected chi connectivity index (χ0v) is 13.4. The van der Waals surface area contributed by atoms with Crippen LogP contribution in [-0.2, 0) is 0 Å². The van der Waals surface area contributed by atoms with Crippen molar-refractivity contribution in [1.82, 2.24) is 0 Å². The molecule has 5 nitrogen and oxygen atoms in total. The van der Waals surface area contributed by atoms with Crippen molar-refractivity contribution in [1.29, 1.82) is 0 Å². The van der Waals surface area contributed by atoms with Crippen molar-refractivity contribution in [2.45, 2.75) is 6.92 Å².